The number of benzene rings is 1. The van der Waals surface area contributed by atoms with Crippen LogP contribution in [-0.2, 0) is 0 Å². The van der Waals surface area contributed by atoms with Crippen LogP contribution in [0.2, 0.25) is 0 Å². The molecule has 15 heavy (non-hydrogen) atoms. The number of halogens is 2. The minimum absolute atomic E-state index is 0. The second-order valence-electron chi connectivity index (χ2n) is 3.58. The molecule has 84 valence electrons. The van der Waals surface area contributed by atoms with E-state index in [0.29, 0.717) is 11.7 Å². The Morgan fingerprint density at radius 1 is 1.47 bits per heavy atom. The Balaban J connectivity index is 0.00000112. The second kappa shape index (κ2) is 5.33. The minimum Gasteiger partial charge on any atom is -0.494 e. The number of methoxy groups -OCH3 is 1. The summed E-state index contributed by atoms with van der Waals surface area (Å²) in [6.07, 6.45) is 1.12. The van der Waals surface area contributed by atoms with Crippen molar-refractivity contribution in [3.63, 3.8) is 0 Å². The van der Waals surface area contributed by atoms with Crippen molar-refractivity contribution < 1.29 is 9.13 Å². The fourth-order valence-electron chi connectivity index (χ4n) is 1.87. The average Bonchev–Trinajstić information content (AvgIpc) is 2.71. The Kier molecular flexibility index (Phi) is 4.36. The Morgan fingerprint density at radius 2 is 2.27 bits per heavy atom. The van der Waals surface area contributed by atoms with Gasteiger partial charge in [-0.25, -0.2) is 4.39 Å². The summed E-state index contributed by atoms with van der Waals surface area (Å²) in [7, 11) is 1.50. The van der Waals surface area contributed by atoms with Crippen molar-refractivity contribution in [1.29, 1.82) is 0 Å². The normalized spacial score (nSPS) is 19.7. The SMILES string of the molecule is COc1cc(C2CCNC2)ccc1F.Cl. The highest BCUT2D eigenvalue weighted by Gasteiger charge is 2.17. The zero-order chi connectivity index (χ0) is 9.97. The quantitative estimate of drug-likeness (QED) is 0.844. The summed E-state index contributed by atoms with van der Waals surface area (Å²) < 4.78 is 18.1. The van der Waals surface area contributed by atoms with Crippen LogP contribution in [0.15, 0.2) is 18.2 Å². The molecule has 0 bridgehead atoms. The monoisotopic (exact) mass is 231 g/mol. The Morgan fingerprint density at radius 3 is 2.87 bits per heavy atom. The van der Waals surface area contributed by atoms with Crippen molar-refractivity contribution in [2.45, 2.75) is 12.3 Å². The molecule has 4 heteroatoms. The highest BCUT2D eigenvalue weighted by molar-refractivity contribution is 5.85. The molecule has 1 saturated heterocycles. The Hall–Kier alpha value is -0.800. The number of rotatable bonds is 2. The first-order chi connectivity index (χ1) is 6.81. The Labute approximate surface area is 95.2 Å². The van der Waals surface area contributed by atoms with Crippen molar-refractivity contribution in [3.05, 3.63) is 29.6 Å². The summed E-state index contributed by atoms with van der Waals surface area (Å²) in [6.45, 7) is 2.03. The lowest BCUT2D eigenvalue weighted by Crippen LogP contribution is -2.08. The molecule has 1 aromatic rings. The molecule has 0 radical (unpaired) electrons. The summed E-state index contributed by atoms with van der Waals surface area (Å²) in [5.41, 5.74) is 1.16. The molecule has 1 aromatic carbocycles. The van der Waals surface area contributed by atoms with Crippen molar-refractivity contribution in [1.82, 2.24) is 5.32 Å². The molecule has 0 aliphatic carbocycles. The van der Waals surface area contributed by atoms with Crippen LogP contribution in [0.1, 0.15) is 17.9 Å². The predicted octanol–water partition coefficient (Wildman–Crippen LogP) is 2.33. The standard InChI is InChI=1S/C11H14FNO.ClH/c1-14-11-6-8(2-3-10(11)12)9-4-5-13-7-9;/h2-3,6,9,13H,4-5,7H2,1H3;1H. The minimum atomic E-state index is -0.290. The van der Waals surface area contributed by atoms with Crippen molar-refractivity contribution >= 4 is 12.4 Å². The number of hydrogen-bond donors (Lipinski definition) is 1. The molecular formula is C11H15ClFNO. The van der Waals surface area contributed by atoms with Gasteiger partial charge >= 0.3 is 0 Å². The van der Waals surface area contributed by atoms with Crippen LogP contribution in [-0.4, -0.2) is 20.2 Å². The van der Waals surface area contributed by atoms with Gasteiger partial charge < -0.3 is 10.1 Å². The van der Waals surface area contributed by atoms with Crippen molar-refractivity contribution in [2.75, 3.05) is 20.2 Å². The molecule has 2 nitrogen and oxygen atoms in total. The highest BCUT2D eigenvalue weighted by atomic mass is 35.5. The van der Waals surface area contributed by atoms with E-state index in [4.69, 9.17) is 4.74 Å². The van der Waals surface area contributed by atoms with Gasteiger partial charge in [0.15, 0.2) is 11.6 Å². The molecule has 1 aliphatic rings. The zero-order valence-electron chi connectivity index (χ0n) is 8.63. The molecule has 1 unspecified atom stereocenters. The van der Waals surface area contributed by atoms with E-state index in [9.17, 15) is 4.39 Å². The van der Waals surface area contributed by atoms with Gasteiger partial charge in [0.1, 0.15) is 0 Å². The molecule has 0 aromatic heterocycles. The van der Waals surface area contributed by atoms with E-state index in [-0.39, 0.29) is 18.2 Å². The summed E-state index contributed by atoms with van der Waals surface area (Å²) in [4.78, 5) is 0. The van der Waals surface area contributed by atoms with E-state index in [1.54, 1.807) is 6.07 Å². The van der Waals surface area contributed by atoms with Crippen molar-refractivity contribution in [2.24, 2.45) is 0 Å². The number of nitrogens with one attached hydrogen (secondary N) is 1. The number of hydrogen-bond acceptors (Lipinski definition) is 2. The lowest BCUT2D eigenvalue weighted by atomic mass is 9.98. The van der Waals surface area contributed by atoms with Gasteiger partial charge in [-0.2, -0.15) is 0 Å². The van der Waals surface area contributed by atoms with Crippen LogP contribution >= 0.6 is 12.4 Å². The van der Waals surface area contributed by atoms with Crippen LogP contribution in [0.3, 0.4) is 0 Å². The van der Waals surface area contributed by atoms with E-state index in [0.717, 1.165) is 25.1 Å². The van der Waals surface area contributed by atoms with Gasteiger partial charge in [-0.15, -0.1) is 12.4 Å². The molecular weight excluding hydrogens is 217 g/mol. The van der Waals surface area contributed by atoms with Gasteiger partial charge in [0, 0.05) is 6.54 Å². The summed E-state index contributed by atoms with van der Waals surface area (Å²) in [5.74, 6) is 0.557. The van der Waals surface area contributed by atoms with E-state index in [2.05, 4.69) is 5.32 Å². The van der Waals surface area contributed by atoms with Crippen LogP contribution in [0.4, 0.5) is 4.39 Å². The maximum Gasteiger partial charge on any atom is 0.165 e. The third kappa shape index (κ3) is 2.61. The maximum absolute atomic E-state index is 13.1. The first-order valence-electron chi connectivity index (χ1n) is 4.85. The summed E-state index contributed by atoms with van der Waals surface area (Å²) >= 11 is 0. The van der Waals surface area contributed by atoms with Crippen LogP contribution in [0.5, 0.6) is 5.75 Å². The van der Waals surface area contributed by atoms with Gasteiger partial charge in [0.05, 0.1) is 7.11 Å². The van der Waals surface area contributed by atoms with E-state index < -0.39 is 0 Å². The van der Waals surface area contributed by atoms with Crippen LogP contribution in [0.25, 0.3) is 0 Å². The smallest absolute Gasteiger partial charge is 0.165 e. The Bertz CT molecular complexity index is 326. The number of ether oxygens (including phenoxy) is 1. The molecule has 0 amide bonds. The molecule has 1 N–H and O–H groups in total. The first kappa shape index (κ1) is 12.3. The lowest BCUT2D eigenvalue weighted by Gasteiger charge is -2.10. The lowest BCUT2D eigenvalue weighted by molar-refractivity contribution is 0.385. The van der Waals surface area contributed by atoms with Crippen LogP contribution in [0, 0.1) is 5.82 Å². The molecule has 0 saturated carbocycles. The molecule has 1 atom stereocenters. The van der Waals surface area contributed by atoms with E-state index >= 15 is 0 Å². The second-order valence-corrected chi connectivity index (χ2v) is 3.58. The summed E-state index contributed by atoms with van der Waals surface area (Å²) in [6, 6.07) is 5.12. The third-order valence-electron chi connectivity index (χ3n) is 2.71. The van der Waals surface area contributed by atoms with E-state index in [1.165, 1.54) is 13.2 Å². The first-order valence-corrected chi connectivity index (χ1v) is 4.85. The van der Waals surface area contributed by atoms with Gasteiger partial charge in [-0.1, -0.05) is 6.07 Å². The molecule has 0 spiro atoms. The molecule has 1 fully saturated rings. The molecule has 1 aliphatic heterocycles. The molecule has 1 heterocycles. The fourth-order valence-corrected chi connectivity index (χ4v) is 1.87. The van der Waals surface area contributed by atoms with Crippen molar-refractivity contribution in [3.8, 4) is 5.75 Å². The van der Waals surface area contributed by atoms with Gasteiger partial charge in [-0.3, -0.25) is 0 Å². The average molecular weight is 232 g/mol. The van der Waals surface area contributed by atoms with Crippen LogP contribution < -0.4 is 10.1 Å². The van der Waals surface area contributed by atoms with Gasteiger partial charge in [-0.05, 0) is 36.6 Å². The molecule has 2 rings (SSSR count). The van der Waals surface area contributed by atoms with Gasteiger partial charge in [0.25, 0.3) is 0 Å². The zero-order valence-corrected chi connectivity index (χ0v) is 9.44. The predicted molar refractivity (Wildman–Crippen MR) is 60.4 cm³/mol. The van der Waals surface area contributed by atoms with Gasteiger partial charge in [0.2, 0.25) is 0 Å². The topological polar surface area (TPSA) is 21.3 Å². The largest absolute Gasteiger partial charge is 0.494 e. The van der Waals surface area contributed by atoms with E-state index in [1.807, 2.05) is 6.07 Å². The fraction of sp³-hybridized carbons (Fsp3) is 0.455. The summed E-state index contributed by atoms with van der Waals surface area (Å²) in [5, 5.41) is 3.29. The highest BCUT2D eigenvalue weighted by Crippen LogP contribution is 2.27. The third-order valence-corrected chi connectivity index (χ3v) is 2.71. The maximum atomic E-state index is 13.1.